The lowest BCUT2D eigenvalue weighted by Gasteiger charge is -2.14. The SMILES string of the molecule is O=C(CN1CCCC1=O)Nc1cc(C(=O)O)ccn1. The van der Waals surface area contributed by atoms with Gasteiger partial charge in [-0.15, -0.1) is 0 Å². The molecule has 0 spiro atoms. The number of aromatic nitrogens is 1. The number of carbonyl (C=O) groups excluding carboxylic acids is 2. The molecule has 7 heteroatoms. The van der Waals surface area contributed by atoms with Crippen LogP contribution in [-0.2, 0) is 9.59 Å². The molecular formula is C12H13N3O4. The fraction of sp³-hybridized carbons (Fsp3) is 0.333. The third-order valence-corrected chi connectivity index (χ3v) is 2.78. The summed E-state index contributed by atoms with van der Waals surface area (Å²) in [6.45, 7) is 0.548. The van der Waals surface area contributed by atoms with Gasteiger partial charge in [0.25, 0.3) is 0 Å². The lowest BCUT2D eigenvalue weighted by Crippen LogP contribution is -2.34. The van der Waals surface area contributed by atoms with Crippen LogP contribution in [0.2, 0.25) is 0 Å². The maximum absolute atomic E-state index is 11.7. The molecule has 0 bridgehead atoms. The molecule has 1 aromatic rings. The molecule has 0 radical (unpaired) electrons. The molecule has 2 rings (SSSR count). The topological polar surface area (TPSA) is 99.6 Å². The summed E-state index contributed by atoms with van der Waals surface area (Å²) in [4.78, 5) is 39.2. The molecule has 0 aliphatic carbocycles. The first-order chi connectivity index (χ1) is 9.06. The molecule has 1 aliphatic rings. The minimum Gasteiger partial charge on any atom is -0.478 e. The van der Waals surface area contributed by atoms with Gasteiger partial charge in [-0.25, -0.2) is 9.78 Å². The van der Waals surface area contributed by atoms with E-state index in [9.17, 15) is 14.4 Å². The highest BCUT2D eigenvalue weighted by atomic mass is 16.4. The van der Waals surface area contributed by atoms with E-state index in [1.165, 1.54) is 23.2 Å². The second-order valence-electron chi connectivity index (χ2n) is 4.20. The number of hydrogen-bond donors (Lipinski definition) is 2. The molecule has 1 aliphatic heterocycles. The van der Waals surface area contributed by atoms with Crippen molar-refractivity contribution in [3.8, 4) is 0 Å². The van der Waals surface area contributed by atoms with E-state index >= 15 is 0 Å². The van der Waals surface area contributed by atoms with E-state index in [0.29, 0.717) is 13.0 Å². The van der Waals surface area contributed by atoms with Gasteiger partial charge in [0, 0.05) is 19.2 Å². The van der Waals surface area contributed by atoms with Crippen molar-refractivity contribution in [2.24, 2.45) is 0 Å². The van der Waals surface area contributed by atoms with Crippen molar-refractivity contribution >= 4 is 23.6 Å². The average molecular weight is 263 g/mol. The van der Waals surface area contributed by atoms with Crippen LogP contribution >= 0.6 is 0 Å². The van der Waals surface area contributed by atoms with Gasteiger partial charge in [-0.2, -0.15) is 0 Å². The number of hydrogen-bond acceptors (Lipinski definition) is 4. The molecule has 0 aromatic carbocycles. The van der Waals surface area contributed by atoms with Gasteiger partial charge >= 0.3 is 5.97 Å². The van der Waals surface area contributed by atoms with Crippen LogP contribution < -0.4 is 5.32 Å². The standard InChI is InChI=1S/C12H13N3O4/c16-10(7-15-5-1-2-11(15)17)14-9-6-8(12(18)19)3-4-13-9/h3-4,6H,1-2,5,7H2,(H,18,19)(H,13,14,16). The maximum atomic E-state index is 11.7. The van der Waals surface area contributed by atoms with Gasteiger partial charge in [0.2, 0.25) is 11.8 Å². The molecule has 2 heterocycles. The Kier molecular flexibility index (Phi) is 3.74. The molecule has 0 atom stereocenters. The summed E-state index contributed by atoms with van der Waals surface area (Å²) in [5.41, 5.74) is 0.0440. The molecule has 2 amide bonds. The van der Waals surface area contributed by atoms with Crippen molar-refractivity contribution < 1.29 is 19.5 Å². The van der Waals surface area contributed by atoms with Crippen molar-refractivity contribution in [1.29, 1.82) is 0 Å². The number of carboxylic acids is 1. The van der Waals surface area contributed by atoms with Gasteiger partial charge in [0.1, 0.15) is 5.82 Å². The first-order valence-electron chi connectivity index (χ1n) is 5.83. The Bertz CT molecular complexity index is 529. The quantitative estimate of drug-likeness (QED) is 0.816. The summed E-state index contributed by atoms with van der Waals surface area (Å²) >= 11 is 0. The van der Waals surface area contributed by atoms with Crippen LogP contribution in [0.1, 0.15) is 23.2 Å². The maximum Gasteiger partial charge on any atom is 0.335 e. The van der Waals surface area contributed by atoms with E-state index in [2.05, 4.69) is 10.3 Å². The number of carboxylic acid groups (broad SMARTS) is 1. The minimum absolute atomic E-state index is 0.0299. The predicted octanol–water partition coefficient (Wildman–Crippen LogP) is 0.341. The van der Waals surface area contributed by atoms with Gasteiger partial charge in [0.05, 0.1) is 12.1 Å². The van der Waals surface area contributed by atoms with Gasteiger partial charge in [0.15, 0.2) is 0 Å². The van der Waals surface area contributed by atoms with E-state index in [1.807, 2.05) is 0 Å². The Morgan fingerprint density at radius 1 is 1.47 bits per heavy atom. The van der Waals surface area contributed by atoms with Crippen LogP contribution in [0.3, 0.4) is 0 Å². The summed E-state index contributed by atoms with van der Waals surface area (Å²) in [6, 6.07) is 2.61. The minimum atomic E-state index is -1.09. The summed E-state index contributed by atoms with van der Waals surface area (Å²) < 4.78 is 0. The van der Waals surface area contributed by atoms with Crippen molar-refractivity contribution in [3.63, 3.8) is 0 Å². The van der Waals surface area contributed by atoms with E-state index in [-0.39, 0.29) is 29.7 Å². The Balaban J connectivity index is 1.97. The summed E-state index contributed by atoms with van der Waals surface area (Å²) in [5.74, 6) is -1.35. The zero-order valence-electron chi connectivity index (χ0n) is 10.1. The zero-order valence-corrected chi connectivity index (χ0v) is 10.1. The van der Waals surface area contributed by atoms with Crippen molar-refractivity contribution in [1.82, 2.24) is 9.88 Å². The molecule has 1 saturated heterocycles. The third-order valence-electron chi connectivity index (χ3n) is 2.78. The smallest absolute Gasteiger partial charge is 0.335 e. The molecule has 2 N–H and O–H groups in total. The molecular weight excluding hydrogens is 250 g/mol. The highest BCUT2D eigenvalue weighted by Crippen LogP contribution is 2.10. The molecule has 1 fully saturated rings. The average Bonchev–Trinajstić information content (AvgIpc) is 2.75. The van der Waals surface area contributed by atoms with Gasteiger partial charge < -0.3 is 15.3 Å². The number of amides is 2. The van der Waals surface area contributed by atoms with Crippen molar-refractivity contribution in [2.75, 3.05) is 18.4 Å². The van der Waals surface area contributed by atoms with Crippen LogP contribution in [0.25, 0.3) is 0 Å². The number of likely N-dealkylation sites (tertiary alicyclic amines) is 1. The number of pyridine rings is 1. The zero-order chi connectivity index (χ0) is 13.8. The van der Waals surface area contributed by atoms with Crippen molar-refractivity contribution in [2.45, 2.75) is 12.8 Å². The van der Waals surface area contributed by atoms with E-state index in [1.54, 1.807) is 0 Å². The second kappa shape index (κ2) is 5.47. The monoisotopic (exact) mass is 263 g/mol. The number of aromatic carboxylic acids is 1. The van der Waals surface area contributed by atoms with Gasteiger partial charge in [-0.05, 0) is 18.6 Å². The molecule has 100 valence electrons. The van der Waals surface area contributed by atoms with Crippen LogP contribution in [0.5, 0.6) is 0 Å². The molecule has 19 heavy (non-hydrogen) atoms. The molecule has 7 nitrogen and oxygen atoms in total. The third kappa shape index (κ3) is 3.27. The van der Waals surface area contributed by atoms with Gasteiger partial charge in [-0.1, -0.05) is 0 Å². The number of nitrogens with zero attached hydrogens (tertiary/aromatic N) is 2. The van der Waals surface area contributed by atoms with E-state index < -0.39 is 5.97 Å². The summed E-state index contributed by atoms with van der Waals surface area (Å²) in [6.07, 6.45) is 2.54. The Morgan fingerprint density at radius 2 is 2.26 bits per heavy atom. The first kappa shape index (κ1) is 13.0. The first-order valence-corrected chi connectivity index (χ1v) is 5.83. The Morgan fingerprint density at radius 3 is 2.89 bits per heavy atom. The summed E-state index contributed by atoms with van der Waals surface area (Å²) in [7, 11) is 0. The fourth-order valence-corrected chi connectivity index (χ4v) is 1.86. The summed E-state index contributed by atoms with van der Waals surface area (Å²) in [5, 5.41) is 11.3. The van der Waals surface area contributed by atoms with Crippen LogP contribution in [0, 0.1) is 0 Å². The van der Waals surface area contributed by atoms with Crippen LogP contribution in [0.4, 0.5) is 5.82 Å². The Labute approximate surface area is 109 Å². The number of anilines is 1. The van der Waals surface area contributed by atoms with Gasteiger partial charge in [-0.3, -0.25) is 9.59 Å². The molecule has 0 unspecified atom stereocenters. The second-order valence-corrected chi connectivity index (χ2v) is 4.20. The highest BCUT2D eigenvalue weighted by Gasteiger charge is 2.22. The van der Waals surface area contributed by atoms with E-state index in [0.717, 1.165) is 6.42 Å². The molecule has 1 aromatic heterocycles. The van der Waals surface area contributed by atoms with Crippen LogP contribution in [-0.4, -0.2) is 45.9 Å². The number of nitrogens with one attached hydrogen (secondary N) is 1. The van der Waals surface area contributed by atoms with Crippen LogP contribution in [0.15, 0.2) is 18.3 Å². The number of carbonyl (C=O) groups is 3. The lowest BCUT2D eigenvalue weighted by molar-refractivity contribution is -0.131. The predicted molar refractivity (Wildman–Crippen MR) is 65.6 cm³/mol. The Hall–Kier alpha value is -2.44. The lowest BCUT2D eigenvalue weighted by atomic mass is 10.2. The number of rotatable bonds is 4. The van der Waals surface area contributed by atoms with Crippen molar-refractivity contribution in [3.05, 3.63) is 23.9 Å². The normalized spacial score (nSPS) is 14.5. The van der Waals surface area contributed by atoms with E-state index in [4.69, 9.17) is 5.11 Å². The highest BCUT2D eigenvalue weighted by molar-refractivity contribution is 5.95. The largest absolute Gasteiger partial charge is 0.478 e. The molecule has 0 saturated carbocycles. The fourth-order valence-electron chi connectivity index (χ4n) is 1.86.